The van der Waals surface area contributed by atoms with Crippen molar-refractivity contribution >= 4 is 0 Å². The molecule has 0 aliphatic carbocycles. The molecular formula is C16H14FNO. The quantitative estimate of drug-likeness (QED) is 0.834. The van der Waals surface area contributed by atoms with Gasteiger partial charge in [0, 0.05) is 5.56 Å². The van der Waals surface area contributed by atoms with Crippen molar-refractivity contribution in [1.29, 1.82) is 5.26 Å². The van der Waals surface area contributed by atoms with Crippen LogP contribution < -0.4 is 4.74 Å². The Hall–Kier alpha value is -2.34. The second-order valence-electron chi connectivity index (χ2n) is 4.26. The van der Waals surface area contributed by atoms with E-state index in [0.29, 0.717) is 12.0 Å². The molecule has 3 heteroatoms. The number of nitrogens with zero attached hydrogens (tertiary/aromatic N) is 1. The van der Waals surface area contributed by atoms with Crippen molar-refractivity contribution in [2.75, 3.05) is 7.11 Å². The van der Waals surface area contributed by atoms with Gasteiger partial charge < -0.3 is 4.74 Å². The number of rotatable bonds is 4. The highest BCUT2D eigenvalue weighted by Gasteiger charge is 2.15. The van der Waals surface area contributed by atoms with E-state index in [-0.39, 0.29) is 5.82 Å². The number of methoxy groups -OCH3 is 1. The van der Waals surface area contributed by atoms with Crippen LogP contribution in [-0.4, -0.2) is 7.11 Å². The van der Waals surface area contributed by atoms with Crippen LogP contribution in [0.1, 0.15) is 17.0 Å². The van der Waals surface area contributed by atoms with Crippen LogP contribution in [0.25, 0.3) is 0 Å². The van der Waals surface area contributed by atoms with Gasteiger partial charge in [-0.1, -0.05) is 30.3 Å². The van der Waals surface area contributed by atoms with Gasteiger partial charge in [0.15, 0.2) is 0 Å². The van der Waals surface area contributed by atoms with Crippen molar-refractivity contribution in [3.63, 3.8) is 0 Å². The molecule has 19 heavy (non-hydrogen) atoms. The van der Waals surface area contributed by atoms with E-state index in [9.17, 15) is 9.65 Å². The van der Waals surface area contributed by atoms with Crippen LogP contribution in [0.15, 0.2) is 48.5 Å². The highest BCUT2D eigenvalue weighted by Crippen LogP contribution is 2.23. The molecule has 0 heterocycles. The van der Waals surface area contributed by atoms with Gasteiger partial charge in [-0.15, -0.1) is 0 Å². The van der Waals surface area contributed by atoms with Crippen LogP contribution in [0.3, 0.4) is 0 Å². The zero-order chi connectivity index (χ0) is 13.7. The molecule has 0 radical (unpaired) electrons. The lowest BCUT2D eigenvalue weighted by atomic mass is 9.93. The van der Waals surface area contributed by atoms with Crippen molar-refractivity contribution in [3.8, 4) is 11.8 Å². The minimum absolute atomic E-state index is 0.331. The second-order valence-corrected chi connectivity index (χ2v) is 4.26. The van der Waals surface area contributed by atoms with Crippen molar-refractivity contribution in [2.45, 2.75) is 12.3 Å². The van der Waals surface area contributed by atoms with Crippen molar-refractivity contribution in [1.82, 2.24) is 0 Å². The molecule has 0 aliphatic rings. The summed E-state index contributed by atoms with van der Waals surface area (Å²) in [7, 11) is 1.60. The summed E-state index contributed by atoms with van der Waals surface area (Å²) in [5.74, 6) is -0.0414. The molecule has 0 spiro atoms. The molecule has 2 aromatic carbocycles. The molecule has 1 unspecified atom stereocenters. The van der Waals surface area contributed by atoms with Crippen LogP contribution in [0.4, 0.5) is 4.39 Å². The number of halogens is 1. The van der Waals surface area contributed by atoms with Gasteiger partial charge in [0.2, 0.25) is 0 Å². The number of ether oxygens (including phenoxy) is 1. The van der Waals surface area contributed by atoms with E-state index in [1.807, 2.05) is 24.3 Å². The van der Waals surface area contributed by atoms with E-state index in [4.69, 9.17) is 4.74 Å². The van der Waals surface area contributed by atoms with Crippen LogP contribution in [0.5, 0.6) is 5.75 Å². The third kappa shape index (κ3) is 3.11. The van der Waals surface area contributed by atoms with Gasteiger partial charge in [0.05, 0.1) is 19.1 Å². The maximum atomic E-state index is 13.7. The first-order chi connectivity index (χ1) is 9.24. The molecule has 2 aromatic rings. The SMILES string of the molecule is COc1ccc(CC(C#N)c2ccccc2F)cc1. The fourth-order valence-corrected chi connectivity index (χ4v) is 1.98. The first-order valence-corrected chi connectivity index (χ1v) is 6.01. The summed E-state index contributed by atoms with van der Waals surface area (Å²) in [6, 6.07) is 16.0. The number of nitriles is 1. The van der Waals surface area contributed by atoms with Crippen LogP contribution >= 0.6 is 0 Å². The van der Waals surface area contributed by atoms with E-state index in [2.05, 4.69) is 6.07 Å². The molecule has 2 rings (SSSR count). The molecule has 96 valence electrons. The summed E-state index contributed by atoms with van der Waals surface area (Å²) in [6.45, 7) is 0. The maximum absolute atomic E-state index is 13.7. The van der Waals surface area contributed by atoms with E-state index >= 15 is 0 Å². The molecule has 0 amide bonds. The lowest BCUT2D eigenvalue weighted by Crippen LogP contribution is -2.03. The van der Waals surface area contributed by atoms with Crippen LogP contribution in [-0.2, 0) is 6.42 Å². The Kier molecular flexibility index (Phi) is 4.15. The van der Waals surface area contributed by atoms with E-state index in [1.54, 1.807) is 25.3 Å². The summed E-state index contributed by atoms with van der Waals surface area (Å²) in [6.07, 6.45) is 0.488. The Bertz CT molecular complexity index is 586. The number of benzene rings is 2. The number of hydrogen-bond acceptors (Lipinski definition) is 2. The van der Waals surface area contributed by atoms with Gasteiger partial charge >= 0.3 is 0 Å². The monoisotopic (exact) mass is 255 g/mol. The topological polar surface area (TPSA) is 33.0 Å². The minimum Gasteiger partial charge on any atom is -0.497 e. The predicted molar refractivity (Wildman–Crippen MR) is 71.5 cm³/mol. The molecule has 0 bridgehead atoms. The largest absolute Gasteiger partial charge is 0.497 e. The Morgan fingerprint density at radius 1 is 1.16 bits per heavy atom. The molecular weight excluding hydrogens is 241 g/mol. The second kappa shape index (κ2) is 6.01. The van der Waals surface area contributed by atoms with E-state index in [1.165, 1.54) is 6.07 Å². The van der Waals surface area contributed by atoms with Crippen molar-refractivity contribution in [3.05, 3.63) is 65.5 Å². The summed E-state index contributed by atoms with van der Waals surface area (Å²) in [5.41, 5.74) is 1.43. The Morgan fingerprint density at radius 3 is 2.42 bits per heavy atom. The summed E-state index contributed by atoms with van der Waals surface area (Å²) >= 11 is 0. The standard InChI is InChI=1S/C16H14FNO/c1-19-14-8-6-12(7-9-14)10-13(11-18)15-4-2-3-5-16(15)17/h2-9,13H,10H2,1H3. The Morgan fingerprint density at radius 2 is 1.84 bits per heavy atom. The average molecular weight is 255 g/mol. The predicted octanol–water partition coefficient (Wildman–Crippen LogP) is 3.68. The van der Waals surface area contributed by atoms with Gasteiger partial charge in [-0.25, -0.2) is 4.39 Å². The fourth-order valence-electron chi connectivity index (χ4n) is 1.98. The maximum Gasteiger partial charge on any atom is 0.127 e. The van der Waals surface area contributed by atoms with Gasteiger partial charge in [-0.2, -0.15) is 5.26 Å². The lowest BCUT2D eigenvalue weighted by Gasteiger charge is -2.11. The zero-order valence-electron chi connectivity index (χ0n) is 10.6. The highest BCUT2D eigenvalue weighted by atomic mass is 19.1. The normalized spacial score (nSPS) is 11.6. The number of hydrogen-bond donors (Lipinski definition) is 0. The van der Waals surface area contributed by atoms with Gasteiger partial charge in [0.25, 0.3) is 0 Å². The van der Waals surface area contributed by atoms with E-state index < -0.39 is 5.92 Å². The molecule has 0 fully saturated rings. The molecule has 2 nitrogen and oxygen atoms in total. The van der Waals surface area contributed by atoms with Gasteiger partial charge in [0.1, 0.15) is 11.6 Å². The van der Waals surface area contributed by atoms with Crippen molar-refractivity contribution in [2.24, 2.45) is 0 Å². The summed E-state index contributed by atoms with van der Waals surface area (Å²) in [4.78, 5) is 0. The molecule has 0 aromatic heterocycles. The highest BCUT2D eigenvalue weighted by molar-refractivity contribution is 5.32. The van der Waals surface area contributed by atoms with Crippen molar-refractivity contribution < 1.29 is 9.13 Å². The van der Waals surface area contributed by atoms with Gasteiger partial charge in [-0.05, 0) is 30.2 Å². The first kappa shape index (κ1) is 13.1. The lowest BCUT2D eigenvalue weighted by molar-refractivity contribution is 0.414. The smallest absolute Gasteiger partial charge is 0.127 e. The third-order valence-corrected chi connectivity index (χ3v) is 3.04. The Labute approximate surface area is 112 Å². The van der Waals surface area contributed by atoms with Crippen LogP contribution in [0, 0.1) is 17.1 Å². The van der Waals surface area contributed by atoms with Gasteiger partial charge in [-0.3, -0.25) is 0 Å². The molecule has 0 N–H and O–H groups in total. The Balaban J connectivity index is 2.20. The fraction of sp³-hybridized carbons (Fsp3) is 0.188. The van der Waals surface area contributed by atoms with Crippen LogP contribution in [0.2, 0.25) is 0 Å². The molecule has 0 aliphatic heterocycles. The third-order valence-electron chi connectivity index (χ3n) is 3.04. The average Bonchev–Trinajstić information content (AvgIpc) is 2.46. The minimum atomic E-state index is -0.477. The van der Waals surface area contributed by atoms with E-state index in [0.717, 1.165) is 11.3 Å². The molecule has 0 saturated carbocycles. The summed E-state index contributed by atoms with van der Waals surface area (Å²) < 4.78 is 18.8. The first-order valence-electron chi connectivity index (χ1n) is 6.01. The zero-order valence-corrected chi connectivity index (χ0v) is 10.6. The molecule has 1 atom stereocenters. The molecule has 0 saturated heterocycles. The summed E-state index contributed by atoms with van der Waals surface area (Å²) in [5, 5.41) is 9.22.